The zero-order valence-electron chi connectivity index (χ0n) is 9.28. The van der Waals surface area contributed by atoms with Gasteiger partial charge in [-0.25, -0.2) is 4.98 Å². The molecule has 0 saturated carbocycles. The second kappa shape index (κ2) is 5.05. The number of rotatable bonds is 4. The van der Waals surface area contributed by atoms with Gasteiger partial charge in [0, 0.05) is 24.4 Å². The first-order chi connectivity index (χ1) is 7.25. The Morgan fingerprint density at radius 1 is 1.53 bits per heavy atom. The first-order valence-corrected chi connectivity index (χ1v) is 6.56. The summed E-state index contributed by atoms with van der Waals surface area (Å²) in [5, 5.41) is 3.32. The van der Waals surface area contributed by atoms with E-state index in [1.165, 1.54) is 30.9 Å². The van der Waals surface area contributed by atoms with Gasteiger partial charge in [-0.2, -0.15) is 0 Å². The summed E-state index contributed by atoms with van der Waals surface area (Å²) in [5.41, 5.74) is 6.82. The molecule has 1 atom stereocenters. The highest BCUT2D eigenvalue weighted by molar-refractivity contribution is 7.09. The van der Waals surface area contributed by atoms with E-state index in [9.17, 15) is 0 Å². The van der Waals surface area contributed by atoms with Gasteiger partial charge >= 0.3 is 0 Å². The van der Waals surface area contributed by atoms with E-state index in [0.717, 1.165) is 18.7 Å². The molecule has 1 aromatic rings. The molecule has 0 radical (unpaired) electrons. The molecule has 1 fully saturated rings. The van der Waals surface area contributed by atoms with E-state index < -0.39 is 0 Å². The maximum Gasteiger partial charge on any atom is 0.0941 e. The van der Waals surface area contributed by atoms with Crippen LogP contribution in [0.15, 0.2) is 5.38 Å². The summed E-state index contributed by atoms with van der Waals surface area (Å²) < 4.78 is 0. The third kappa shape index (κ3) is 3.00. The number of thiazole rings is 1. The number of likely N-dealkylation sites (tertiary alicyclic amines) is 1. The summed E-state index contributed by atoms with van der Waals surface area (Å²) in [5.74, 6) is 0. The molecule has 2 rings (SSSR count). The van der Waals surface area contributed by atoms with Gasteiger partial charge in [0.1, 0.15) is 0 Å². The Labute approximate surface area is 95.3 Å². The van der Waals surface area contributed by atoms with E-state index in [-0.39, 0.29) is 6.04 Å². The van der Waals surface area contributed by atoms with Crippen molar-refractivity contribution in [3.8, 4) is 0 Å². The molecule has 0 amide bonds. The summed E-state index contributed by atoms with van der Waals surface area (Å²) in [6, 6.07) is 0.0711. The maximum absolute atomic E-state index is 5.78. The zero-order valence-corrected chi connectivity index (χ0v) is 10.1. The quantitative estimate of drug-likeness (QED) is 0.849. The molecule has 0 spiro atoms. The van der Waals surface area contributed by atoms with Gasteiger partial charge in [0.2, 0.25) is 0 Å². The fourth-order valence-electron chi connectivity index (χ4n) is 1.91. The maximum atomic E-state index is 5.78. The number of nitrogens with two attached hydrogens (primary N) is 1. The smallest absolute Gasteiger partial charge is 0.0941 e. The third-order valence-corrected chi connectivity index (χ3v) is 3.80. The summed E-state index contributed by atoms with van der Waals surface area (Å²) in [4.78, 5) is 7.06. The van der Waals surface area contributed by atoms with Crippen LogP contribution in [0.3, 0.4) is 0 Å². The molecule has 15 heavy (non-hydrogen) atoms. The zero-order chi connectivity index (χ0) is 10.7. The second-order valence-corrected chi connectivity index (χ2v) is 5.20. The van der Waals surface area contributed by atoms with Crippen LogP contribution in [-0.2, 0) is 6.42 Å². The Balaban J connectivity index is 1.82. The molecule has 1 aliphatic rings. The van der Waals surface area contributed by atoms with Crippen molar-refractivity contribution in [2.24, 2.45) is 5.73 Å². The number of hydrogen-bond donors (Lipinski definition) is 1. The fourth-order valence-corrected chi connectivity index (χ4v) is 2.80. The molecule has 0 aliphatic carbocycles. The lowest BCUT2D eigenvalue weighted by atomic mass is 10.3. The van der Waals surface area contributed by atoms with Crippen LogP contribution < -0.4 is 5.73 Å². The molecule has 1 aliphatic heterocycles. The van der Waals surface area contributed by atoms with E-state index in [2.05, 4.69) is 15.3 Å². The predicted octanol–water partition coefficient (Wildman–Crippen LogP) is 1.80. The van der Waals surface area contributed by atoms with E-state index in [4.69, 9.17) is 5.73 Å². The van der Waals surface area contributed by atoms with E-state index in [1.807, 2.05) is 6.92 Å². The van der Waals surface area contributed by atoms with Crippen molar-refractivity contribution in [3.63, 3.8) is 0 Å². The van der Waals surface area contributed by atoms with Gasteiger partial charge in [-0.1, -0.05) is 0 Å². The van der Waals surface area contributed by atoms with Crippen LogP contribution in [0.2, 0.25) is 0 Å². The SMILES string of the molecule is CC(N)c1csc(CCN2CCCC2)n1. The Bertz CT molecular complexity index is 303. The van der Waals surface area contributed by atoms with Crippen molar-refractivity contribution >= 4 is 11.3 Å². The van der Waals surface area contributed by atoms with Crippen molar-refractivity contribution in [2.75, 3.05) is 19.6 Å². The van der Waals surface area contributed by atoms with Crippen LogP contribution in [-0.4, -0.2) is 29.5 Å². The van der Waals surface area contributed by atoms with Gasteiger partial charge in [0.15, 0.2) is 0 Å². The topological polar surface area (TPSA) is 42.1 Å². The Morgan fingerprint density at radius 2 is 2.27 bits per heavy atom. The molecule has 1 unspecified atom stereocenters. The van der Waals surface area contributed by atoms with Crippen LogP contribution in [0.1, 0.15) is 36.5 Å². The van der Waals surface area contributed by atoms with E-state index >= 15 is 0 Å². The highest BCUT2D eigenvalue weighted by Crippen LogP contribution is 2.16. The normalized spacial score (nSPS) is 19.6. The first-order valence-electron chi connectivity index (χ1n) is 5.68. The molecule has 84 valence electrons. The minimum atomic E-state index is 0.0711. The fraction of sp³-hybridized carbons (Fsp3) is 0.727. The molecule has 0 bridgehead atoms. The predicted molar refractivity (Wildman–Crippen MR) is 64.1 cm³/mol. The van der Waals surface area contributed by atoms with Crippen LogP contribution in [0, 0.1) is 0 Å². The van der Waals surface area contributed by atoms with E-state index in [0.29, 0.717) is 0 Å². The van der Waals surface area contributed by atoms with Crippen molar-refractivity contribution < 1.29 is 0 Å². The van der Waals surface area contributed by atoms with Gasteiger partial charge in [0.05, 0.1) is 10.7 Å². The molecule has 3 nitrogen and oxygen atoms in total. The van der Waals surface area contributed by atoms with Crippen molar-refractivity contribution in [2.45, 2.75) is 32.2 Å². The molecular formula is C11H19N3S. The highest BCUT2D eigenvalue weighted by atomic mass is 32.1. The monoisotopic (exact) mass is 225 g/mol. The molecular weight excluding hydrogens is 206 g/mol. The minimum Gasteiger partial charge on any atom is -0.323 e. The Hall–Kier alpha value is -0.450. The van der Waals surface area contributed by atoms with Crippen LogP contribution in [0.5, 0.6) is 0 Å². The van der Waals surface area contributed by atoms with Gasteiger partial charge < -0.3 is 10.6 Å². The minimum absolute atomic E-state index is 0.0711. The Kier molecular flexibility index (Phi) is 3.72. The molecule has 1 aromatic heterocycles. The molecule has 4 heteroatoms. The highest BCUT2D eigenvalue weighted by Gasteiger charge is 2.12. The average molecular weight is 225 g/mol. The molecule has 2 N–H and O–H groups in total. The number of hydrogen-bond acceptors (Lipinski definition) is 4. The average Bonchev–Trinajstić information content (AvgIpc) is 2.86. The lowest BCUT2D eigenvalue weighted by molar-refractivity contribution is 0.343. The van der Waals surface area contributed by atoms with E-state index in [1.54, 1.807) is 11.3 Å². The van der Waals surface area contributed by atoms with Gasteiger partial charge in [-0.05, 0) is 32.9 Å². The largest absolute Gasteiger partial charge is 0.323 e. The lowest BCUT2D eigenvalue weighted by Gasteiger charge is -2.12. The van der Waals surface area contributed by atoms with Crippen molar-refractivity contribution in [1.82, 2.24) is 9.88 Å². The van der Waals surface area contributed by atoms with Gasteiger partial charge in [-0.3, -0.25) is 0 Å². The summed E-state index contributed by atoms with van der Waals surface area (Å²) in [6.45, 7) is 5.68. The second-order valence-electron chi connectivity index (χ2n) is 4.25. The van der Waals surface area contributed by atoms with Crippen molar-refractivity contribution in [1.29, 1.82) is 0 Å². The summed E-state index contributed by atoms with van der Waals surface area (Å²) >= 11 is 1.74. The standard InChI is InChI=1S/C11H19N3S/c1-9(12)10-8-15-11(13-10)4-7-14-5-2-3-6-14/h8-9H,2-7,12H2,1H3. The molecule has 0 aromatic carbocycles. The van der Waals surface area contributed by atoms with Crippen LogP contribution in [0.4, 0.5) is 0 Å². The molecule has 2 heterocycles. The third-order valence-electron chi connectivity index (χ3n) is 2.88. The number of aromatic nitrogens is 1. The molecule has 1 saturated heterocycles. The van der Waals surface area contributed by atoms with Crippen LogP contribution in [0.25, 0.3) is 0 Å². The van der Waals surface area contributed by atoms with Gasteiger partial charge in [0.25, 0.3) is 0 Å². The summed E-state index contributed by atoms with van der Waals surface area (Å²) in [6.07, 6.45) is 3.81. The van der Waals surface area contributed by atoms with Crippen molar-refractivity contribution in [3.05, 3.63) is 16.1 Å². The van der Waals surface area contributed by atoms with Gasteiger partial charge in [-0.15, -0.1) is 11.3 Å². The Morgan fingerprint density at radius 3 is 2.87 bits per heavy atom. The number of nitrogens with zero attached hydrogens (tertiary/aromatic N) is 2. The lowest BCUT2D eigenvalue weighted by Crippen LogP contribution is -2.21. The first kappa shape index (κ1) is 11.0. The summed E-state index contributed by atoms with van der Waals surface area (Å²) in [7, 11) is 0. The van der Waals surface area contributed by atoms with Crippen LogP contribution >= 0.6 is 11.3 Å².